The number of piperazine rings is 1. The minimum Gasteiger partial charge on any atom is -0.379 e. The summed E-state index contributed by atoms with van der Waals surface area (Å²) in [6, 6.07) is 0. The summed E-state index contributed by atoms with van der Waals surface area (Å²) in [5.74, 6) is -0.824. The number of amides is 2. The molecule has 20 heavy (non-hydrogen) atoms. The first-order chi connectivity index (χ1) is 9.23. The summed E-state index contributed by atoms with van der Waals surface area (Å²) in [6.45, 7) is -0.146. The van der Waals surface area contributed by atoms with Gasteiger partial charge < -0.3 is 20.2 Å². The molecular weight excluding hydrogens is 279 g/mol. The number of hydrogen-bond acceptors (Lipinski definition) is 4. The van der Waals surface area contributed by atoms with Gasteiger partial charge in [-0.1, -0.05) is 0 Å². The Morgan fingerprint density at radius 2 is 2.10 bits per heavy atom. The van der Waals surface area contributed by atoms with Crippen molar-refractivity contribution in [2.75, 3.05) is 39.3 Å². The van der Waals surface area contributed by atoms with Gasteiger partial charge in [0.2, 0.25) is 11.8 Å². The molecule has 2 aliphatic heterocycles. The average Bonchev–Trinajstić information content (AvgIpc) is 2.76. The van der Waals surface area contributed by atoms with Gasteiger partial charge in [0.05, 0.1) is 19.6 Å². The Labute approximate surface area is 113 Å². The third-order valence-electron chi connectivity index (χ3n) is 3.64. The van der Waals surface area contributed by atoms with Crippen molar-refractivity contribution in [1.29, 1.82) is 0 Å². The van der Waals surface area contributed by atoms with Crippen LogP contribution < -0.4 is 5.32 Å². The van der Waals surface area contributed by atoms with E-state index in [0.29, 0.717) is 13.1 Å². The van der Waals surface area contributed by atoms with Crippen molar-refractivity contribution >= 4 is 11.8 Å². The molecule has 114 valence electrons. The predicted octanol–water partition coefficient (Wildman–Crippen LogP) is -1.06. The molecule has 1 atom stereocenters. The molecule has 0 aromatic rings. The van der Waals surface area contributed by atoms with E-state index in [0.717, 1.165) is 4.90 Å². The van der Waals surface area contributed by atoms with Crippen molar-refractivity contribution < 1.29 is 27.9 Å². The second-order valence-electron chi connectivity index (χ2n) is 5.09. The maximum atomic E-state index is 12.6. The Hall–Kier alpha value is -1.35. The number of rotatable bonds is 2. The van der Waals surface area contributed by atoms with Crippen molar-refractivity contribution in [2.24, 2.45) is 0 Å². The minimum absolute atomic E-state index is 0.125. The highest BCUT2D eigenvalue weighted by atomic mass is 19.4. The molecule has 2 N–H and O–H groups in total. The number of halogens is 3. The molecule has 2 rings (SSSR count). The molecule has 0 saturated carbocycles. The predicted molar refractivity (Wildman–Crippen MR) is 61.7 cm³/mol. The highest BCUT2D eigenvalue weighted by molar-refractivity contribution is 5.86. The van der Waals surface area contributed by atoms with E-state index in [1.54, 1.807) is 0 Å². The highest BCUT2D eigenvalue weighted by Gasteiger charge is 2.57. The Morgan fingerprint density at radius 3 is 2.65 bits per heavy atom. The first kappa shape index (κ1) is 15.0. The van der Waals surface area contributed by atoms with Crippen molar-refractivity contribution in [3.8, 4) is 0 Å². The first-order valence-corrected chi connectivity index (χ1v) is 6.28. The van der Waals surface area contributed by atoms with E-state index in [9.17, 15) is 27.9 Å². The number of nitrogens with zero attached hydrogens (tertiary/aromatic N) is 2. The number of carbonyl (C=O) groups excluding carboxylic acids is 2. The fourth-order valence-corrected chi connectivity index (χ4v) is 2.31. The van der Waals surface area contributed by atoms with Gasteiger partial charge in [0.1, 0.15) is 0 Å². The fourth-order valence-electron chi connectivity index (χ4n) is 2.31. The SMILES string of the molecule is O=C1CNCCN1CC(=O)N1CC[C@@](O)(C(F)(F)F)C1. The number of β-amino-alcohol motifs (C(OH)–C–C–N with tert-alkyl or cyclic N) is 1. The summed E-state index contributed by atoms with van der Waals surface area (Å²) in [5, 5.41) is 12.3. The lowest BCUT2D eigenvalue weighted by Crippen LogP contribution is -2.53. The van der Waals surface area contributed by atoms with Crippen molar-refractivity contribution in [3.05, 3.63) is 0 Å². The maximum Gasteiger partial charge on any atom is 0.419 e. The van der Waals surface area contributed by atoms with Gasteiger partial charge in [-0.3, -0.25) is 9.59 Å². The van der Waals surface area contributed by atoms with E-state index in [1.807, 2.05) is 0 Å². The number of carbonyl (C=O) groups is 2. The fraction of sp³-hybridized carbons (Fsp3) is 0.818. The van der Waals surface area contributed by atoms with Crippen LogP contribution in [0.3, 0.4) is 0 Å². The zero-order valence-electron chi connectivity index (χ0n) is 10.7. The number of alkyl halides is 3. The largest absolute Gasteiger partial charge is 0.419 e. The van der Waals surface area contributed by atoms with Crippen LogP contribution in [-0.4, -0.2) is 77.8 Å². The number of hydrogen-bond donors (Lipinski definition) is 2. The van der Waals surface area contributed by atoms with Gasteiger partial charge in [0, 0.05) is 26.1 Å². The van der Waals surface area contributed by atoms with Crippen LogP contribution in [0.5, 0.6) is 0 Å². The molecule has 0 aromatic heterocycles. The van der Waals surface area contributed by atoms with Crippen LogP contribution in [-0.2, 0) is 9.59 Å². The van der Waals surface area contributed by atoms with Crippen LogP contribution in [0.4, 0.5) is 13.2 Å². The first-order valence-electron chi connectivity index (χ1n) is 6.28. The van der Waals surface area contributed by atoms with Gasteiger partial charge in [-0.2, -0.15) is 13.2 Å². The quantitative estimate of drug-likeness (QED) is 0.681. The van der Waals surface area contributed by atoms with Gasteiger partial charge in [0.25, 0.3) is 0 Å². The maximum absolute atomic E-state index is 12.6. The van der Waals surface area contributed by atoms with Crippen LogP contribution in [0.25, 0.3) is 0 Å². The molecule has 6 nitrogen and oxygen atoms in total. The van der Waals surface area contributed by atoms with Crippen molar-refractivity contribution in [3.63, 3.8) is 0 Å². The van der Waals surface area contributed by atoms with E-state index >= 15 is 0 Å². The van der Waals surface area contributed by atoms with E-state index in [1.165, 1.54) is 4.90 Å². The van der Waals surface area contributed by atoms with E-state index in [4.69, 9.17) is 0 Å². The Kier molecular flexibility index (Phi) is 3.92. The number of aliphatic hydroxyl groups is 1. The lowest BCUT2D eigenvalue weighted by molar-refractivity contribution is -0.253. The summed E-state index contributed by atoms with van der Waals surface area (Å²) in [7, 11) is 0. The van der Waals surface area contributed by atoms with E-state index < -0.39 is 30.7 Å². The smallest absolute Gasteiger partial charge is 0.379 e. The normalized spacial score (nSPS) is 28.1. The molecule has 9 heteroatoms. The second-order valence-corrected chi connectivity index (χ2v) is 5.09. The average molecular weight is 295 g/mol. The minimum atomic E-state index is -4.76. The standard InChI is InChI=1S/C11H16F3N3O3/c12-11(13,14)10(20)1-3-17(7-10)9(19)6-16-4-2-15-5-8(16)18/h15,20H,1-7H2/t10-/m0/s1. The molecule has 0 spiro atoms. The summed E-state index contributed by atoms with van der Waals surface area (Å²) >= 11 is 0. The summed E-state index contributed by atoms with van der Waals surface area (Å²) in [5.41, 5.74) is -2.84. The molecule has 2 amide bonds. The zero-order chi connectivity index (χ0) is 15.0. The highest BCUT2D eigenvalue weighted by Crippen LogP contribution is 2.37. The molecule has 0 bridgehead atoms. The molecule has 2 heterocycles. The van der Waals surface area contributed by atoms with Gasteiger partial charge in [0.15, 0.2) is 5.60 Å². The molecular formula is C11H16F3N3O3. The summed E-state index contributed by atoms with van der Waals surface area (Å²) in [4.78, 5) is 25.7. The van der Waals surface area contributed by atoms with E-state index in [2.05, 4.69) is 5.32 Å². The van der Waals surface area contributed by atoms with E-state index in [-0.39, 0.29) is 25.5 Å². The molecule has 0 aromatic carbocycles. The van der Waals surface area contributed by atoms with Crippen LogP contribution >= 0.6 is 0 Å². The van der Waals surface area contributed by atoms with Gasteiger partial charge in [-0.15, -0.1) is 0 Å². The second kappa shape index (κ2) is 5.21. The van der Waals surface area contributed by atoms with Crippen LogP contribution in [0.2, 0.25) is 0 Å². The Balaban J connectivity index is 1.93. The lowest BCUT2D eigenvalue weighted by atomic mass is 10.0. The van der Waals surface area contributed by atoms with Crippen LogP contribution in [0, 0.1) is 0 Å². The summed E-state index contributed by atoms with van der Waals surface area (Å²) < 4.78 is 37.9. The van der Waals surface area contributed by atoms with Crippen molar-refractivity contribution in [2.45, 2.75) is 18.2 Å². The Bertz CT molecular complexity index is 415. The monoisotopic (exact) mass is 295 g/mol. The molecule has 0 radical (unpaired) electrons. The van der Waals surface area contributed by atoms with Crippen LogP contribution in [0.15, 0.2) is 0 Å². The number of likely N-dealkylation sites (tertiary alicyclic amines) is 1. The zero-order valence-corrected chi connectivity index (χ0v) is 10.7. The molecule has 2 fully saturated rings. The lowest BCUT2D eigenvalue weighted by Gasteiger charge is -2.29. The number of nitrogens with one attached hydrogen (secondary N) is 1. The molecule has 2 saturated heterocycles. The van der Waals surface area contributed by atoms with Gasteiger partial charge in [-0.25, -0.2) is 0 Å². The van der Waals surface area contributed by atoms with Gasteiger partial charge >= 0.3 is 6.18 Å². The molecule has 0 aliphatic carbocycles. The van der Waals surface area contributed by atoms with Crippen molar-refractivity contribution in [1.82, 2.24) is 15.1 Å². The van der Waals surface area contributed by atoms with Crippen LogP contribution in [0.1, 0.15) is 6.42 Å². The third-order valence-corrected chi connectivity index (χ3v) is 3.64. The summed E-state index contributed by atoms with van der Waals surface area (Å²) in [6.07, 6.45) is -5.29. The molecule has 0 unspecified atom stereocenters. The topological polar surface area (TPSA) is 72.9 Å². The third kappa shape index (κ3) is 2.88. The van der Waals surface area contributed by atoms with Gasteiger partial charge in [-0.05, 0) is 0 Å². The Morgan fingerprint density at radius 1 is 1.40 bits per heavy atom. The molecule has 2 aliphatic rings.